The first-order chi connectivity index (χ1) is 5.58. The van der Waals surface area contributed by atoms with Gasteiger partial charge in [0.05, 0.1) is 0 Å². The first-order valence-electron chi connectivity index (χ1n) is 3.92. The molecule has 1 nitrogen and oxygen atoms in total. The molecule has 0 aliphatic carbocycles. The predicted molar refractivity (Wildman–Crippen MR) is 44.8 cm³/mol. The molecule has 0 spiro atoms. The molecule has 0 saturated heterocycles. The van der Waals surface area contributed by atoms with Crippen LogP contribution < -0.4 is 0 Å². The SMILES string of the molecule is CCN(CC)CC.[F][Sb]([F])([F])([F])[F]. The number of halogens is 5. The van der Waals surface area contributed by atoms with Crippen LogP contribution in [0.5, 0.6) is 0 Å². The first kappa shape index (κ1) is 15.9. The molecule has 0 aliphatic heterocycles. The summed E-state index contributed by atoms with van der Waals surface area (Å²) in [5, 5.41) is 0. The topological polar surface area (TPSA) is 3.24 Å². The fourth-order valence-corrected chi connectivity index (χ4v) is 0.671. The average molecular weight is 318 g/mol. The Hall–Kier alpha value is 0.428. The van der Waals surface area contributed by atoms with Crippen LogP contribution in [0.15, 0.2) is 0 Å². The zero-order valence-electron chi connectivity index (χ0n) is 7.91. The van der Waals surface area contributed by atoms with Crippen LogP contribution in [0.25, 0.3) is 0 Å². The van der Waals surface area contributed by atoms with Crippen LogP contribution in [0.4, 0.5) is 14.1 Å². The summed E-state index contributed by atoms with van der Waals surface area (Å²) in [6, 6.07) is 0. The van der Waals surface area contributed by atoms with Gasteiger partial charge in [-0.05, 0) is 19.6 Å². The van der Waals surface area contributed by atoms with Crippen molar-refractivity contribution in [3.05, 3.63) is 0 Å². The molecule has 0 unspecified atom stereocenters. The van der Waals surface area contributed by atoms with Crippen LogP contribution in [0, 0.1) is 0 Å². The van der Waals surface area contributed by atoms with Crippen LogP contribution in [-0.4, -0.2) is 44.8 Å². The van der Waals surface area contributed by atoms with Gasteiger partial charge in [-0.3, -0.25) is 0 Å². The van der Waals surface area contributed by atoms with E-state index in [0.29, 0.717) is 0 Å². The fraction of sp³-hybridized carbons (Fsp3) is 1.00. The van der Waals surface area contributed by atoms with Crippen LogP contribution in [0.1, 0.15) is 20.8 Å². The zero-order valence-corrected chi connectivity index (χ0v) is 10.5. The molecule has 0 radical (unpaired) electrons. The molecule has 13 heavy (non-hydrogen) atoms. The Morgan fingerprint density at radius 1 is 0.769 bits per heavy atom. The zero-order chi connectivity index (χ0) is 11.1. The van der Waals surface area contributed by atoms with Crippen molar-refractivity contribution >= 4 is 20.3 Å². The Bertz CT molecular complexity index is 106. The van der Waals surface area contributed by atoms with E-state index in [1.54, 1.807) is 0 Å². The molecule has 0 amide bonds. The molecule has 0 rings (SSSR count). The van der Waals surface area contributed by atoms with E-state index in [1.165, 1.54) is 19.6 Å². The predicted octanol–water partition coefficient (Wildman–Crippen LogP) is 3.07. The molecular weight excluding hydrogens is 303 g/mol. The second-order valence-corrected chi connectivity index (χ2v) is 5.91. The van der Waals surface area contributed by atoms with Crippen LogP contribution in [0.3, 0.4) is 0 Å². The van der Waals surface area contributed by atoms with Crippen molar-refractivity contribution in [1.82, 2.24) is 4.90 Å². The Labute approximate surface area is 80.0 Å². The summed E-state index contributed by atoms with van der Waals surface area (Å²) in [7, 11) is 0. The van der Waals surface area contributed by atoms with Gasteiger partial charge < -0.3 is 4.90 Å². The Morgan fingerprint density at radius 2 is 0.923 bits per heavy atom. The van der Waals surface area contributed by atoms with Gasteiger partial charge >= 0.3 is 34.4 Å². The second-order valence-electron chi connectivity index (χ2n) is 2.26. The van der Waals surface area contributed by atoms with E-state index in [0.717, 1.165) is 0 Å². The normalized spacial score (nSPS) is 14.4. The van der Waals surface area contributed by atoms with Crippen molar-refractivity contribution in [2.24, 2.45) is 0 Å². The van der Waals surface area contributed by atoms with Gasteiger partial charge in [0.1, 0.15) is 0 Å². The molecule has 0 N–H and O–H groups in total. The van der Waals surface area contributed by atoms with Gasteiger partial charge in [0.25, 0.3) is 0 Å². The van der Waals surface area contributed by atoms with Crippen molar-refractivity contribution in [3.8, 4) is 0 Å². The van der Waals surface area contributed by atoms with Crippen molar-refractivity contribution in [2.45, 2.75) is 20.8 Å². The Morgan fingerprint density at radius 3 is 0.923 bits per heavy atom. The van der Waals surface area contributed by atoms with Crippen LogP contribution in [0.2, 0.25) is 0 Å². The van der Waals surface area contributed by atoms with Gasteiger partial charge in [-0.1, -0.05) is 20.8 Å². The van der Waals surface area contributed by atoms with Gasteiger partial charge in [0.2, 0.25) is 0 Å². The molecule has 0 fully saturated rings. The second kappa shape index (κ2) is 6.01. The Balaban J connectivity index is 0. The maximum absolute atomic E-state index is 9.91. The minimum absolute atomic E-state index is 1.19. The minimum atomic E-state index is -9.19. The van der Waals surface area contributed by atoms with Crippen molar-refractivity contribution in [3.63, 3.8) is 0 Å². The van der Waals surface area contributed by atoms with E-state index in [-0.39, 0.29) is 0 Å². The van der Waals surface area contributed by atoms with E-state index < -0.39 is 20.3 Å². The summed E-state index contributed by atoms with van der Waals surface area (Å²) in [6.45, 7) is 10.1. The molecule has 0 bridgehead atoms. The third-order valence-electron chi connectivity index (χ3n) is 1.34. The van der Waals surface area contributed by atoms with E-state index in [9.17, 15) is 14.1 Å². The van der Waals surface area contributed by atoms with Gasteiger partial charge in [-0.2, -0.15) is 0 Å². The van der Waals surface area contributed by atoms with E-state index in [1.807, 2.05) is 0 Å². The fourth-order valence-electron chi connectivity index (χ4n) is 0.671. The van der Waals surface area contributed by atoms with Crippen molar-refractivity contribution in [2.75, 3.05) is 19.6 Å². The van der Waals surface area contributed by atoms with Gasteiger partial charge in [0.15, 0.2) is 0 Å². The molecule has 84 valence electrons. The third-order valence-corrected chi connectivity index (χ3v) is 1.34. The van der Waals surface area contributed by atoms with E-state index in [4.69, 9.17) is 0 Å². The van der Waals surface area contributed by atoms with Gasteiger partial charge in [-0.15, -0.1) is 0 Å². The molecule has 0 aromatic heterocycles. The molecule has 0 saturated carbocycles. The molecular formula is C6H15F5NSb. The summed E-state index contributed by atoms with van der Waals surface area (Å²) >= 11 is -9.19. The Kier molecular flexibility index (Phi) is 7.35. The van der Waals surface area contributed by atoms with Crippen LogP contribution in [-0.2, 0) is 0 Å². The summed E-state index contributed by atoms with van der Waals surface area (Å²) in [5.74, 6) is 0. The summed E-state index contributed by atoms with van der Waals surface area (Å²) < 4.78 is 49.6. The molecule has 0 heterocycles. The molecule has 7 heteroatoms. The quantitative estimate of drug-likeness (QED) is 0.571. The molecule has 0 aromatic carbocycles. The summed E-state index contributed by atoms with van der Waals surface area (Å²) in [5.41, 5.74) is 0. The van der Waals surface area contributed by atoms with E-state index in [2.05, 4.69) is 25.7 Å². The van der Waals surface area contributed by atoms with E-state index >= 15 is 0 Å². The number of nitrogens with zero attached hydrogens (tertiary/aromatic N) is 1. The van der Waals surface area contributed by atoms with Gasteiger partial charge in [0, 0.05) is 0 Å². The summed E-state index contributed by atoms with van der Waals surface area (Å²) in [4.78, 5) is 2.38. The van der Waals surface area contributed by atoms with Gasteiger partial charge in [-0.25, -0.2) is 0 Å². The summed E-state index contributed by atoms with van der Waals surface area (Å²) in [6.07, 6.45) is 0. The van der Waals surface area contributed by atoms with Crippen LogP contribution >= 0.6 is 0 Å². The molecule has 0 atom stereocenters. The first-order valence-corrected chi connectivity index (χ1v) is 8.74. The van der Waals surface area contributed by atoms with Crippen molar-refractivity contribution < 1.29 is 14.1 Å². The monoisotopic (exact) mass is 317 g/mol. The number of rotatable bonds is 3. The average Bonchev–Trinajstić information content (AvgIpc) is 1.86. The molecule has 0 aromatic rings. The third kappa shape index (κ3) is 32.7. The molecule has 0 aliphatic rings. The maximum atomic E-state index is 9.91. The number of hydrogen-bond acceptors (Lipinski definition) is 1. The number of hydrogen-bond donors (Lipinski definition) is 0. The van der Waals surface area contributed by atoms with Crippen molar-refractivity contribution in [1.29, 1.82) is 0 Å². The standard InChI is InChI=1S/C6H15N.5FH.Sb/c1-4-7(5-2)6-3;;;;;;/h4-6H2,1-3H3;5*1H;/q;;;;;;+5/p-5.